The summed E-state index contributed by atoms with van der Waals surface area (Å²) < 4.78 is 0. The summed E-state index contributed by atoms with van der Waals surface area (Å²) in [7, 11) is 0. The van der Waals surface area contributed by atoms with Crippen molar-refractivity contribution in [3.63, 3.8) is 0 Å². The first-order valence-corrected chi connectivity index (χ1v) is 7.64. The van der Waals surface area contributed by atoms with Gasteiger partial charge >= 0.3 is 0 Å². The van der Waals surface area contributed by atoms with E-state index < -0.39 is 6.04 Å². The van der Waals surface area contributed by atoms with Crippen LogP contribution in [-0.4, -0.2) is 41.9 Å². The Labute approximate surface area is 121 Å². The molecule has 0 aromatic rings. The van der Waals surface area contributed by atoms with Crippen molar-refractivity contribution in [2.24, 2.45) is 17.1 Å². The minimum atomic E-state index is -0.458. The second-order valence-electron chi connectivity index (χ2n) is 7.23. The first-order chi connectivity index (χ1) is 9.29. The summed E-state index contributed by atoms with van der Waals surface area (Å²) in [6, 6.07) is -0.238. The van der Waals surface area contributed by atoms with Gasteiger partial charge in [-0.3, -0.25) is 9.59 Å². The largest absolute Gasteiger partial charge is 0.353 e. The Balaban J connectivity index is 1.78. The number of nitrogens with one attached hydrogen (secondary N) is 1. The predicted molar refractivity (Wildman–Crippen MR) is 77.9 cm³/mol. The number of nitrogens with zero attached hydrogens (tertiary/aromatic N) is 1. The van der Waals surface area contributed by atoms with Crippen molar-refractivity contribution in [1.82, 2.24) is 10.2 Å². The highest BCUT2D eigenvalue weighted by Crippen LogP contribution is 2.29. The average Bonchev–Trinajstić information content (AvgIpc) is 3.21. The van der Waals surface area contributed by atoms with Crippen LogP contribution in [-0.2, 0) is 9.59 Å². The molecule has 0 radical (unpaired) electrons. The molecule has 1 aliphatic carbocycles. The topological polar surface area (TPSA) is 75.4 Å². The number of likely N-dealkylation sites (tertiary alicyclic amines) is 1. The zero-order valence-corrected chi connectivity index (χ0v) is 12.8. The maximum Gasteiger partial charge on any atom is 0.240 e. The summed E-state index contributed by atoms with van der Waals surface area (Å²) in [6.45, 7) is 7.34. The smallest absolute Gasteiger partial charge is 0.240 e. The van der Waals surface area contributed by atoms with Crippen LogP contribution in [0, 0.1) is 11.3 Å². The van der Waals surface area contributed by atoms with Crippen LogP contribution >= 0.6 is 0 Å². The molecule has 0 bridgehead atoms. The lowest BCUT2D eigenvalue weighted by Gasteiger charge is -2.36. The number of hydrogen-bond acceptors (Lipinski definition) is 3. The first-order valence-electron chi connectivity index (χ1n) is 7.64. The van der Waals surface area contributed by atoms with Gasteiger partial charge in [-0.1, -0.05) is 20.8 Å². The SMILES string of the molecule is CC(C)(C)C(N)C(=O)N1CCC(NC(=O)C2CC2)CC1. The molecule has 1 unspecified atom stereocenters. The zero-order chi connectivity index (χ0) is 14.9. The van der Waals surface area contributed by atoms with E-state index >= 15 is 0 Å². The van der Waals surface area contributed by atoms with E-state index in [1.165, 1.54) is 0 Å². The van der Waals surface area contributed by atoms with E-state index in [0.29, 0.717) is 13.1 Å². The summed E-state index contributed by atoms with van der Waals surface area (Å²) in [5, 5.41) is 3.09. The van der Waals surface area contributed by atoms with Crippen LogP contribution in [0.4, 0.5) is 0 Å². The lowest BCUT2D eigenvalue weighted by Crippen LogP contribution is -2.54. The van der Waals surface area contributed by atoms with Gasteiger partial charge in [0, 0.05) is 25.0 Å². The summed E-state index contributed by atoms with van der Waals surface area (Å²) in [5.74, 6) is 0.481. The van der Waals surface area contributed by atoms with E-state index in [1.54, 1.807) is 0 Å². The number of hydrogen-bond donors (Lipinski definition) is 2. The molecular weight excluding hydrogens is 254 g/mol. The van der Waals surface area contributed by atoms with E-state index in [2.05, 4.69) is 5.32 Å². The Hall–Kier alpha value is -1.10. The van der Waals surface area contributed by atoms with Crippen molar-refractivity contribution in [1.29, 1.82) is 0 Å². The summed E-state index contributed by atoms with van der Waals surface area (Å²) in [5.41, 5.74) is 5.81. The summed E-state index contributed by atoms with van der Waals surface area (Å²) >= 11 is 0. The molecule has 2 rings (SSSR count). The van der Waals surface area contributed by atoms with E-state index in [1.807, 2.05) is 25.7 Å². The molecule has 1 aliphatic heterocycles. The van der Waals surface area contributed by atoms with Gasteiger partial charge in [-0.15, -0.1) is 0 Å². The molecule has 0 spiro atoms. The Kier molecular flexibility index (Phi) is 4.37. The van der Waals surface area contributed by atoms with Gasteiger partial charge in [0.05, 0.1) is 6.04 Å². The average molecular weight is 281 g/mol. The third kappa shape index (κ3) is 3.72. The maximum atomic E-state index is 12.3. The van der Waals surface area contributed by atoms with E-state index in [0.717, 1.165) is 25.7 Å². The van der Waals surface area contributed by atoms with Gasteiger partial charge in [0.2, 0.25) is 11.8 Å². The third-order valence-corrected chi connectivity index (χ3v) is 4.30. The van der Waals surface area contributed by atoms with Gasteiger partial charge in [0.1, 0.15) is 0 Å². The molecule has 3 N–H and O–H groups in total. The minimum Gasteiger partial charge on any atom is -0.353 e. The molecule has 5 heteroatoms. The Morgan fingerprint density at radius 3 is 2.15 bits per heavy atom. The monoisotopic (exact) mass is 281 g/mol. The van der Waals surface area contributed by atoms with Gasteiger partial charge in [-0.2, -0.15) is 0 Å². The fourth-order valence-corrected chi connectivity index (χ4v) is 2.48. The lowest BCUT2D eigenvalue weighted by atomic mass is 9.86. The maximum absolute atomic E-state index is 12.3. The molecule has 0 aromatic carbocycles. The highest BCUT2D eigenvalue weighted by Gasteiger charge is 2.35. The molecule has 2 amide bonds. The Morgan fingerprint density at radius 1 is 1.15 bits per heavy atom. The van der Waals surface area contributed by atoms with Crippen LogP contribution in [0.15, 0.2) is 0 Å². The second-order valence-corrected chi connectivity index (χ2v) is 7.23. The Bertz CT molecular complexity index is 377. The molecule has 5 nitrogen and oxygen atoms in total. The molecular formula is C15H27N3O2. The molecule has 114 valence electrons. The standard InChI is InChI=1S/C15H27N3O2/c1-15(2,3)12(16)14(20)18-8-6-11(7-9-18)17-13(19)10-4-5-10/h10-12H,4-9,16H2,1-3H3,(H,17,19). The van der Waals surface area contributed by atoms with Crippen molar-refractivity contribution < 1.29 is 9.59 Å². The van der Waals surface area contributed by atoms with Crippen LogP contribution in [0.2, 0.25) is 0 Å². The molecule has 1 atom stereocenters. The third-order valence-electron chi connectivity index (χ3n) is 4.30. The fourth-order valence-electron chi connectivity index (χ4n) is 2.48. The minimum absolute atomic E-state index is 0.0319. The summed E-state index contributed by atoms with van der Waals surface area (Å²) in [6.07, 6.45) is 3.73. The molecule has 0 aromatic heterocycles. The molecule has 2 aliphatic rings. The number of carbonyl (C=O) groups excluding carboxylic acids is 2. The lowest BCUT2D eigenvalue weighted by molar-refractivity contribution is -0.136. The summed E-state index contributed by atoms with van der Waals surface area (Å²) in [4.78, 5) is 25.9. The molecule has 1 heterocycles. The molecule has 1 saturated carbocycles. The highest BCUT2D eigenvalue weighted by molar-refractivity contribution is 5.83. The molecule has 1 saturated heterocycles. The molecule has 20 heavy (non-hydrogen) atoms. The van der Waals surface area contributed by atoms with Crippen molar-refractivity contribution in [3.05, 3.63) is 0 Å². The van der Waals surface area contributed by atoms with Crippen LogP contribution in [0.5, 0.6) is 0 Å². The number of piperidine rings is 1. The zero-order valence-electron chi connectivity index (χ0n) is 12.8. The number of rotatable bonds is 3. The predicted octanol–water partition coefficient (Wildman–Crippen LogP) is 0.877. The van der Waals surface area contributed by atoms with Crippen LogP contribution in [0.3, 0.4) is 0 Å². The first kappa shape index (κ1) is 15.3. The number of amides is 2. The Morgan fingerprint density at radius 2 is 1.70 bits per heavy atom. The van der Waals surface area contributed by atoms with Crippen molar-refractivity contribution in [2.75, 3.05) is 13.1 Å². The van der Waals surface area contributed by atoms with Crippen LogP contribution in [0.1, 0.15) is 46.5 Å². The molecule has 2 fully saturated rings. The van der Waals surface area contributed by atoms with Gasteiger partial charge in [-0.25, -0.2) is 0 Å². The fraction of sp³-hybridized carbons (Fsp3) is 0.867. The normalized spacial score (nSPS) is 22.5. The van der Waals surface area contributed by atoms with Crippen molar-refractivity contribution in [3.8, 4) is 0 Å². The van der Waals surface area contributed by atoms with Crippen LogP contribution in [0.25, 0.3) is 0 Å². The number of carbonyl (C=O) groups is 2. The van der Waals surface area contributed by atoms with Crippen molar-refractivity contribution in [2.45, 2.75) is 58.5 Å². The van der Waals surface area contributed by atoms with Gasteiger partial charge in [0.25, 0.3) is 0 Å². The van der Waals surface area contributed by atoms with E-state index in [9.17, 15) is 9.59 Å². The van der Waals surface area contributed by atoms with Gasteiger partial charge in [-0.05, 0) is 31.1 Å². The van der Waals surface area contributed by atoms with E-state index in [4.69, 9.17) is 5.73 Å². The van der Waals surface area contributed by atoms with Gasteiger partial charge in [0.15, 0.2) is 0 Å². The quantitative estimate of drug-likeness (QED) is 0.806. The van der Waals surface area contributed by atoms with E-state index in [-0.39, 0.29) is 29.2 Å². The van der Waals surface area contributed by atoms with Crippen LogP contribution < -0.4 is 11.1 Å². The number of nitrogens with two attached hydrogens (primary N) is 1. The van der Waals surface area contributed by atoms with Gasteiger partial charge < -0.3 is 16.0 Å². The second kappa shape index (κ2) is 5.72. The highest BCUT2D eigenvalue weighted by atomic mass is 16.2. The van der Waals surface area contributed by atoms with Crippen molar-refractivity contribution >= 4 is 11.8 Å².